The Morgan fingerprint density at radius 1 is 1.07 bits per heavy atom. The van der Waals surface area contributed by atoms with Crippen LogP contribution in [0.25, 0.3) is 10.9 Å². The third kappa shape index (κ3) is 13.5. The van der Waals surface area contributed by atoms with Gasteiger partial charge in [-0.2, -0.15) is 33.4 Å². The largest absolute Gasteiger partial charge is 0.444 e. The number of aromatic nitrogens is 1. The highest BCUT2D eigenvalue weighted by Gasteiger charge is 2.28. The molecule has 248 valence electrons. The van der Waals surface area contributed by atoms with Crippen molar-refractivity contribution in [2.24, 2.45) is 0 Å². The van der Waals surface area contributed by atoms with E-state index in [9.17, 15) is 31.2 Å². The van der Waals surface area contributed by atoms with E-state index in [1.165, 1.54) is 11.8 Å². The van der Waals surface area contributed by atoms with Crippen LogP contribution in [0.15, 0.2) is 18.2 Å². The van der Waals surface area contributed by atoms with Crippen LogP contribution in [0.3, 0.4) is 0 Å². The van der Waals surface area contributed by atoms with Gasteiger partial charge in [-0.15, -0.1) is 0 Å². The molecule has 15 heteroatoms. The van der Waals surface area contributed by atoms with Crippen molar-refractivity contribution in [3.05, 3.63) is 35.0 Å². The lowest BCUT2D eigenvalue weighted by Crippen LogP contribution is -2.47. The molecule has 0 radical (unpaired) electrons. The molecule has 1 aromatic heterocycles. The standard InChI is InChI=1S/C29H43F3N4O6S2/c1-18-12-23(36-24-21(18)13-19(34-17-29(30,31)32)14-22(24)27(2,3)4)25(37)33-15-20(35-26(38)42-28(5,6)7)16-43-11-9-10-41-44(8,39)40/h12-14,20,34H,9-11,15-17H2,1-8H3,(H,33,37)(H,35,38). The number of carbonyl (C=O) groups is 2. The molecule has 2 rings (SSSR count). The average molecular weight is 665 g/mol. The summed E-state index contributed by atoms with van der Waals surface area (Å²) in [6, 6.07) is 4.27. The van der Waals surface area contributed by atoms with Crippen molar-refractivity contribution < 1.29 is 40.1 Å². The smallest absolute Gasteiger partial charge is 0.407 e. The second-order valence-corrected chi connectivity index (χ2v) is 15.3. The number of benzene rings is 1. The third-order valence-electron chi connectivity index (χ3n) is 5.93. The molecule has 0 aliphatic carbocycles. The number of carbonyl (C=O) groups excluding carboxylic acids is 2. The lowest BCUT2D eigenvalue weighted by atomic mass is 9.84. The fourth-order valence-electron chi connectivity index (χ4n) is 4.01. The number of nitrogens with zero attached hydrogens (tertiary/aromatic N) is 1. The monoisotopic (exact) mass is 664 g/mol. The number of aryl methyl sites for hydroxylation is 1. The molecule has 2 aromatic rings. The molecule has 1 unspecified atom stereocenters. The summed E-state index contributed by atoms with van der Waals surface area (Å²) in [5.41, 5.74) is 1.06. The zero-order valence-corrected chi connectivity index (χ0v) is 28.0. The number of halogens is 3. The number of amides is 2. The number of thioether (sulfide) groups is 1. The van der Waals surface area contributed by atoms with Crippen molar-refractivity contribution in [1.82, 2.24) is 15.6 Å². The van der Waals surface area contributed by atoms with E-state index in [0.29, 0.717) is 45.6 Å². The molecule has 0 saturated heterocycles. The van der Waals surface area contributed by atoms with Gasteiger partial charge < -0.3 is 20.7 Å². The molecule has 3 N–H and O–H groups in total. The highest BCUT2D eigenvalue weighted by atomic mass is 32.2. The number of alkyl halides is 3. The maximum Gasteiger partial charge on any atom is 0.407 e. The van der Waals surface area contributed by atoms with Gasteiger partial charge in [0.25, 0.3) is 16.0 Å². The molecule has 0 fully saturated rings. The van der Waals surface area contributed by atoms with Crippen LogP contribution in [0.4, 0.5) is 23.7 Å². The Hall–Kier alpha value is -2.78. The van der Waals surface area contributed by atoms with Crippen molar-refractivity contribution in [2.45, 2.75) is 78.1 Å². The van der Waals surface area contributed by atoms with E-state index in [4.69, 9.17) is 8.92 Å². The summed E-state index contributed by atoms with van der Waals surface area (Å²) in [4.78, 5) is 30.3. The summed E-state index contributed by atoms with van der Waals surface area (Å²) < 4.78 is 71.0. The second kappa shape index (κ2) is 15.0. The number of hydrogen-bond donors (Lipinski definition) is 3. The van der Waals surface area contributed by atoms with E-state index >= 15 is 0 Å². The van der Waals surface area contributed by atoms with Gasteiger partial charge in [0.1, 0.15) is 17.8 Å². The van der Waals surface area contributed by atoms with Crippen molar-refractivity contribution in [1.29, 1.82) is 0 Å². The first-order valence-electron chi connectivity index (χ1n) is 14.0. The number of nitrogens with one attached hydrogen (secondary N) is 3. The molecule has 0 saturated carbocycles. The Bertz CT molecular complexity index is 1420. The summed E-state index contributed by atoms with van der Waals surface area (Å²) in [6.07, 6.45) is -3.59. The van der Waals surface area contributed by atoms with Gasteiger partial charge in [-0.05, 0) is 74.6 Å². The van der Waals surface area contributed by atoms with Crippen molar-refractivity contribution in [3.8, 4) is 0 Å². The van der Waals surface area contributed by atoms with Gasteiger partial charge >= 0.3 is 12.3 Å². The Labute approximate surface area is 261 Å². The molecule has 0 aliphatic heterocycles. The number of pyridine rings is 1. The van der Waals surface area contributed by atoms with Crippen LogP contribution in [0, 0.1) is 6.92 Å². The molecule has 10 nitrogen and oxygen atoms in total. The Morgan fingerprint density at radius 3 is 2.30 bits per heavy atom. The number of ether oxygens (including phenoxy) is 1. The number of rotatable bonds is 13. The van der Waals surface area contributed by atoms with Crippen LogP contribution in [-0.4, -0.2) is 80.7 Å². The maximum atomic E-state index is 13.3. The predicted octanol–water partition coefficient (Wildman–Crippen LogP) is 5.54. The first kappa shape index (κ1) is 37.4. The molecular formula is C29H43F3N4O6S2. The molecule has 0 aliphatic rings. The van der Waals surface area contributed by atoms with Crippen LogP contribution in [0.5, 0.6) is 0 Å². The highest BCUT2D eigenvalue weighted by molar-refractivity contribution is 7.99. The van der Waals surface area contributed by atoms with E-state index in [-0.39, 0.29) is 18.8 Å². The van der Waals surface area contributed by atoms with Gasteiger partial charge in [-0.3, -0.25) is 8.98 Å². The van der Waals surface area contributed by atoms with E-state index in [0.717, 1.165) is 6.26 Å². The summed E-state index contributed by atoms with van der Waals surface area (Å²) >= 11 is 1.45. The molecule has 0 spiro atoms. The van der Waals surface area contributed by atoms with Gasteiger partial charge in [0, 0.05) is 23.4 Å². The lowest BCUT2D eigenvalue weighted by molar-refractivity contribution is -0.115. The van der Waals surface area contributed by atoms with E-state index < -0.39 is 51.9 Å². The van der Waals surface area contributed by atoms with Gasteiger partial charge in [0.05, 0.1) is 24.4 Å². The van der Waals surface area contributed by atoms with E-state index in [1.54, 1.807) is 45.9 Å². The minimum Gasteiger partial charge on any atom is -0.444 e. The van der Waals surface area contributed by atoms with Crippen LogP contribution >= 0.6 is 11.8 Å². The van der Waals surface area contributed by atoms with E-state index in [1.807, 2.05) is 20.8 Å². The fraction of sp³-hybridized carbons (Fsp3) is 0.621. The molecule has 1 aromatic carbocycles. The maximum absolute atomic E-state index is 13.3. The summed E-state index contributed by atoms with van der Waals surface area (Å²) in [5, 5.41) is 8.64. The van der Waals surface area contributed by atoms with Crippen LogP contribution < -0.4 is 16.0 Å². The number of alkyl carbamates (subject to hydrolysis) is 1. The normalized spacial score (nSPS) is 13.4. The molecule has 44 heavy (non-hydrogen) atoms. The Kier molecular flexibility index (Phi) is 12.8. The molecule has 0 bridgehead atoms. The average Bonchev–Trinajstić information content (AvgIpc) is 2.84. The Balaban J connectivity index is 2.23. The number of hydrogen-bond acceptors (Lipinski definition) is 9. The van der Waals surface area contributed by atoms with E-state index in [2.05, 4.69) is 20.9 Å². The van der Waals surface area contributed by atoms with Crippen LogP contribution in [-0.2, 0) is 24.5 Å². The summed E-state index contributed by atoms with van der Waals surface area (Å²) in [7, 11) is -3.52. The molecule has 1 heterocycles. The minimum atomic E-state index is -4.38. The number of anilines is 1. The molecule has 2 amide bonds. The van der Waals surface area contributed by atoms with Gasteiger partial charge in [0.15, 0.2) is 0 Å². The first-order valence-corrected chi connectivity index (χ1v) is 17.0. The lowest BCUT2D eigenvalue weighted by Gasteiger charge is -2.24. The predicted molar refractivity (Wildman–Crippen MR) is 168 cm³/mol. The van der Waals surface area contributed by atoms with Crippen molar-refractivity contribution in [2.75, 3.05) is 42.8 Å². The van der Waals surface area contributed by atoms with Crippen molar-refractivity contribution in [3.63, 3.8) is 0 Å². The fourth-order valence-corrected chi connectivity index (χ4v) is 5.41. The first-order chi connectivity index (χ1) is 20.0. The summed E-state index contributed by atoms with van der Waals surface area (Å²) in [5.74, 6) is 0.456. The summed E-state index contributed by atoms with van der Waals surface area (Å²) in [6.45, 7) is 11.6. The number of fused-ring (bicyclic) bond motifs is 1. The van der Waals surface area contributed by atoms with Crippen molar-refractivity contribution >= 4 is 50.5 Å². The highest BCUT2D eigenvalue weighted by Crippen LogP contribution is 2.34. The minimum absolute atomic E-state index is 0.0379. The zero-order chi connectivity index (χ0) is 33.5. The second-order valence-electron chi connectivity index (χ2n) is 12.5. The third-order valence-corrected chi connectivity index (χ3v) is 7.74. The van der Waals surface area contributed by atoms with Gasteiger partial charge in [-0.1, -0.05) is 20.8 Å². The van der Waals surface area contributed by atoms with Crippen LogP contribution in [0.2, 0.25) is 0 Å². The SMILES string of the molecule is Cc1cc(C(=O)NCC(CSCCCOS(C)(=O)=O)NC(=O)OC(C)(C)C)nc2c(C(C)(C)C)cc(NCC(F)(F)F)cc12. The molecular weight excluding hydrogens is 621 g/mol. The van der Waals surface area contributed by atoms with Gasteiger partial charge in [-0.25, -0.2) is 9.78 Å². The zero-order valence-electron chi connectivity index (χ0n) is 26.4. The van der Waals surface area contributed by atoms with Crippen LogP contribution in [0.1, 0.15) is 69.6 Å². The quantitative estimate of drug-likeness (QED) is 0.186. The van der Waals surface area contributed by atoms with Gasteiger partial charge in [0.2, 0.25) is 0 Å². The Morgan fingerprint density at radius 2 is 1.73 bits per heavy atom. The molecule has 1 atom stereocenters. The topological polar surface area (TPSA) is 136 Å².